The summed E-state index contributed by atoms with van der Waals surface area (Å²) in [5.74, 6) is 0.344. The molecule has 2 aromatic carbocycles. The minimum absolute atomic E-state index is 0.0120. The van der Waals surface area contributed by atoms with Crippen LogP contribution >= 0.6 is 0 Å². The summed E-state index contributed by atoms with van der Waals surface area (Å²) in [6.07, 6.45) is 4.30. The summed E-state index contributed by atoms with van der Waals surface area (Å²) in [4.78, 5) is 28.5. The van der Waals surface area contributed by atoms with E-state index in [0.29, 0.717) is 23.4 Å². The van der Waals surface area contributed by atoms with Crippen LogP contribution in [0.1, 0.15) is 55.5 Å². The van der Waals surface area contributed by atoms with Crippen molar-refractivity contribution in [2.75, 3.05) is 7.11 Å². The lowest BCUT2D eigenvalue weighted by molar-refractivity contribution is -0.125. The van der Waals surface area contributed by atoms with Gasteiger partial charge >= 0.3 is 0 Å². The molecule has 176 valence electrons. The van der Waals surface area contributed by atoms with Crippen LogP contribution in [0.15, 0.2) is 54.6 Å². The van der Waals surface area contributed by atoms with Crippen LogP contribution in [0.4, 0.5) is 0 Å². The summed E-state index contributed by atoms with van der Waals surface area (Å²) in [5.41, 5.74) is 1.86. The average Bonchev–Trinajstić information content (AvgIpc) is 3.05. The molecule has 0 radical (unpaired) electrons. The molecule has 2 N–H and O–H groups in total. The van der Waals surface area contributed by atoms with Gasteiger partial charge in [0, 0.05) is 30.2 Å². The van der Waals surface area contributed by atoms with Gasteiger partial charge in [0.1, 0.15) is 11.8 Å². The molecule has 2 aliphatic heterocycles. The molecule has 2 aliphatic rings. The van der Waals surface area contributed by atoms with E-state index in [0.717, 1.165) is 19.4 Å². The monoisotopic (exact) mass is 449 g/mol. The normalized spacial score (nSPS) is 23.2. The summed E-state index contributed by atoms with van der Waals surface area (Å²) >= 11 is 0. The Morgan fingerprint density at radius 3 is 2.21 bits per heavy atom. The number of ether oxygens (including phenoxy) is 1. The number of carbonyl (C=O) groups is 2. The lowest BCUT2D eigenvalue weighted by Crippen LogP contribution is -2.55. The fourth-order valence-electron chi connectivity index (χ4n) is 5.24. The third-order valence-electron chi connectivity index (χ3n) is 7.03. The van der Waals surface area contributed by atoms with Gasteiger partial charge in [0.25, 0.3) is 5.91 Å². The molecule has 0 aliphatic carbocycles. The van der Waals surface area contributed by atoms with Crippen molar-refractivity contribution in [1.82, 2.24) is 15.5 Å². The first-order chi connectivity index (χ1) is 15.9. The first kappa shape index (κ1) is 23.3. The highest BCUT2D eigenvalue weighted by Crippen LogP contribution is 2.37. The summed E-state index contributed by atoms with van der Waals surface area (Å²) < 4.78 is 5.15. The number of methoxy groups -OCH3 is 1. The third kappa shape index (κ3) is 5.56. The Balaban J connectivity index is 1.34. The number of piperidine rings is 1. The Morgan fingerprint density at radius 2 is 1.64 bits per heavy atom. The van der Waals surface area contributed by atoms with E-state index in [1.54, 1.807) is 31.4 Å². The largest absolute Gasteiger partial charge is 0.497 e. The molecule has 6 heteroatoms. The van der Waals surface area contributed by atoms with Gasteiger partial charge in [-0.05, 0) is 61.4 Å². The van der Waals surface area contributed by atoms with Gasteiger partial charge in [0.2, 0.25) is 5.91 Å². The van der Waals surface area contributed by atoms with E-state index in [2.05, 4.69) is 45.9 Å². The van der Waals surface area contributed by atoms with Crippen LogP contribution in [0.2, 0.25) is 0 Å². The maximum Gasteiger partial charge on any atom is 0.251 e. The molecule has 2 heterocycles. The van der Waals surface area contributed by atoms with E-state index in [-0.39, 0.29) is 23.8 Å². The van der Waals surface area contributed by atoms with Crippen molar-refractivity contribution in [1.29, 1.82) is 0 Å². The highest BCUT2D eigenvalue weighted by Gasteiger charge is 2.41. The molecule has 6 nitrogen and oxygen atoms in total. The first-order valence-corrected chi connectivity index (χ1v) is 12.0. The second-order valence-corrected chi connectivity index (χ2v) is 9.64. The predicted molar refractivity (Wildman–Crippen MR) is 129 cm³/mol. The van der Waals surface area contributed by atoms with Crippen molar-refractivity contribution in [3.63, 3.8) is 0 Å². The van der Waals surface area contributed by atoms with Crippen LogP contribution in [0, 0.1) is 5.92 Å². The van der Waals surface area contributed by atoms with Crippen LogP contribution < -0.4 is 15.4 Å². The molecule has 2 aromatic rings. The molecular formula is C27H35N3O3. The van der Waals surface area contributed by atoms with Gasteiger partial charge in [-0.1, -0.05) is 44.2 Å². The fraction of sp³-hybridized carbons (Fsp3) is 0.481. The van der Waals surface area contributed by atoms with Crippen LogP contribution in [-0.4, -0.2) is 48.0 Å². The van der Waals surface area contributed by atoms with Crippen molar-refractivity contribution in [2.45, 2.75) is 70.2 Å². The summed E-state index contributed by atoms with van der Waals surface area (Å²) in [6.45, 7) is 4.90. The van der Waals surface area contributed by atoms with Crippen molar-refractivity contribution < 1.29 is 14.3 Å². The average molecular weight is 450 g/mol. The molecule has 2 fully saturated rings. The zero-order chi connectivity index (χ0) is 23.4. The molecule has 0 aromatic heterocycles. The molecular weight excluding hydrogens is 414 g/mol. The predicted octanol–water partition coefficient (Wildman–Crippen LogP) is 3.76. The molecule has 3 atom stereocenters. The summed E-state index contributed by atoms with van der Waals surface area (Å²) in [5, 5.41) is 6.20. The Hall–Kier alpha value is -2.86. The number of carbonyl (C=O) groups excluding carboxylic acids is 2. The standard InChI is InChI=1S/C27H35N3O3/c1-18(2)25(29-26(31)20-9-13-24(33-3)14-10-20)27(32)28-21-15-22-11-12-23(16-21)30(22)17-19-7-5-4-6-8-19/h4-10,13-14,18,21-23,25H,11-12,15-17H2,1-3H3,(H,28,32)(H,29,31). The second-order valence-electron chi connectivity index (χ2n) is 9.64. The van der Waals surface area contributed by atoms with E-state index in [4.69, 9.17) is 4.74 Å². The van der Waals surface area contributed by atoms with E-state index in [1.165, 1.54) is 18.4 Å². The highest BCUT2D eigenvalue weighted by molar-refractivity contribution is 5.97. The topological polar surface area (TPSA) is 70.7 Å². The van der Waals surface area contributed by atoms with E-state index in [1.807, 2.05) is 13.8 Å². The summed E-state index contributed by atoms with van der Waals surface area (Å²) in [6, 6.07) is 18.1. The van der Waals surface area contributed by atoms with E-state index in [9.17, 15) is 9.59 Å². The van der Waals surface area contributed by atoms with Crippen molar-refractivity contribution in [3.8, 4) is 5.75 Å². The fourth-order valence-corrected chi connectivity index (χ4v) is 5.24. The number of nitrogens with zero attached hydrogens (tertiary/aromatic N) is 1. The van der Waals surface area contributed by atoms with Crippen LogP contribution in [0.5, 0.6) is 5.75 Å². The zero-order valence-corrected chi connectivity index (χ0v) is 19.8. The maximum atomic E-state index is 13.2. The number of nitrogens with one attached hydrogen (secondary N) is 2. The Bertz CT molecular complexity index is 931. The molecule has 33 heavy (non-hydrogen) atoms. The smallest absolute Gasteiger partial charge is 0.251 e. The minimum atomic E-state index is -0.570. The Morgan fingerprint density at radius 1 is 1.00 bits per heavy atom. The van der Waals surface area contributed by atoms with Gasteiger partial charge in [-0.15, -0.1) is 0 Å². The molecule has 0 spiro atoms. The second kappa shape index (κ2) is 10.4. The van der Waals surface area contributed by atoms with Gasteiger partial charge < -0.3 is 15.4 Å². The number of amides is 2. The molecule has 2 saturated heterocycles. The molecule has 2 bridgehead atoms. The Kier molecular flexibility index (Phi) is 7.33. The minimum Gasteiger partial charge on any atom is -0.497 e. The van der Waals surface area contributed by atoms with Crippen molar-refractivity contribution >= 4 is 11.8 Å². The van der Waals surface area contributed by atoms with Gasteiger partial charge in [-0.3, -0.25) is 14.5 Å². The number of benzene rings is 2. The number of hydrogen-bond donors (Lipinski definition) is 2. The number of fused-ring (bicyclic) bond motifs is 2. The van der Waals surface area contributed by atoms with Gasteiger partial charge in [0.05, 0.1) is 7.11 Å². The maximum absolute atomic E-state index is 13.2. The van der Waals surface area contributed by atoms with Crippen molar-refractivity contribution in [3.05, 3.63) is 65.7 Å². The van der Waals surface area contributed by atoms with Crippen LogP contribution in [0.25, 0.3) is 0 Å². The number of hydrogen-bond acceptors (Lipinski definition) is 4. The van der Waals surface area contributed by atoms with Gasteiger partial charge in [0.15, 0.2) is 0 Å². The van der Waals surface area contributed by atoms with Gasteiger partial charge in [-0.25, -0.2) is 0 Å². The lowest BCUT2D eigenvalue weighted by Gasteiger charge is -2.39. The highest BCUT2D eigenvalue weighted by atomic mass is 16.5. The summed E-state index contributed by atoms with van der Waals surface area (Å²) in [7, 11) is 1.59. The first-order valence-electron chi connectivity index (χ1n) is 12.0. The van der Waals surface area contributed by atoms with Gasteiger partial charge in [-0.2, -0.15) is 0 Å². The molecule has 0 saturated carbocycles. The van der Waals surface area contributed by atoms with Crippen LogP contribution in [-0.2, 0) is 11.3 Å². The van der Waals surface area contributed by atoms with E-state index < -0.39 is 6.04 Å². The Labute approximate surface area is 196 Å². The zero-order valence-electron chi connectivity index (χ0n) is 19.8. The third-order valence-corrected chi connectivity index (χ3v) is 7.03. The molecule has 2 amide bonds. The molecule has 3 unspecified atom stereocenters. The SMILES string of the molecule is COc1ccc(C(=O)NC(C(=O)NC2CC3CCC(C2)N3Cc2ccccc2)C(C)C)cc1. The molecule has 4 rings (SSSR count). The lowest BCUT2D eigenvalue weighted by atomic mass is 9.95. The van der Waals surface area contributed by atoms with Crippen molar-refractivity contribution in [2.24, 2.45) is 5.92 Å². The number of rotatable bonds is 8. The van der Waals surface area contributed by atoms with Crippen LogP contribution in [0.3, 0.4) is 0 Å². The quantitative estimate of drug-likeness (QED) is 0.644. The van der Waals surface area contributed by atoms with E-state index >= 15 is 0 Å².